The Labute approximate surface area is 151 Å². The van der Waals surface area contributed by atoms with Gasteiger partial charge in [0.1, 0.15) is 0 Å². The van der Waals surface area contributed by atoms with E-state index in [4.69, 9.17) is 0 Å². The van der Waals surface area contributed by atoms with Crippen LogP contribution in [0.1, 0.15) is 31.7 Å². The van der Waals surface area contributed by atoms with Gasteiger partial charge in [0, 0.05) is 12.2 Å². The number of nitrogens with one attached hydrogen (secondary N) is 2. The van der Waals surface area contributed by atoms with E-state index in [1.165, 1.54) is 28.7 Å². The third-order valence-corrected chi connectivity index (χ3v) is 5.52. The van der Waals surface area contributed by atoms with Crippen LogP contribution in [0.3, 0.4) is 0 Å². The van der Waals surface area contributed by atoms with E-state index in [9.17, 15) is 4.79 Å². The third kappa shape index (κ3) is 5.65. The van der Waals surface area contributed by atoms with Crippen molar-refractivity contribution >= 4 is 39.8 Å². The molecule has 0 aliphatic rings. The van der Waals surface area contributed by atoms with Gasteiger partial charge in [0.25, 0.3) is 0 Å². The van der Waals surface area contributed by atoms with Crippen molar-refractivity contribution in [1.29, 1.82) is 0 Å². The number of hydrogen-bond donors (Lipinski definition) is 2. The minimum absolute atomic E-state index is 0.0490. The molecule has 0 fully saturated rings. The molecule has 1 atom stereocenters. The highest BCUT2D eigenvalue weighted by Crippen LogP contribution is 2.25. The first kappa shape index (κ1) is 18.5. The molecule has 1 aromatic heterocycles. The Morgan fingerprint density at radius 2 is 2.12 bits per heavy atom. The number of anilines is 2. The number of thioether (sulfide) groups is 1. The number of rotatable bonds is 9. The molecule has 1 aromatic carbocycles. The maximum absolute atomic E-state index is 12.0. The lowest BCUT2D eigenvalue weighted by Gasteiger charge is -2.10. The number of nitrogens with zero attached hydrogens (tertiary/aromatic N) is 2. The Bertz CT molecular complexity index is 669. The smallest absolute Gasteiger partial charge is 0.234 e. The molecule has 0 saturated heterocycles. The first-order valence-electron chi connectivity index (χ1n) is 7.83. The molecule has 2 N–H and O–H groups in total. The number of hydrogen-bond acceptors (Lipinski definition) is 6. The van der Waals surface area contributed by atoms with Crippen LogP contribution in [0.25, 0.3) is 0 Å². The summed E-state index contributed by atoms with van der Waals surface area (Å²) >= 11 is 2.81. The number of amides is 1. The fraction of sp³-hybridized carbons (Fsp3) is 0.353. The van der Waals surface area contributed by atoms with Crippen LogP contribution in [0.4, 0.5) is 10.8 Å². The molecule has 0 aliphatic carbocycles. The largest absolute Gasteiger partial charge is 0.357 e. The van der Waals surface area contributed by atoms with Gasteiger partial charge in [0.05, 0.1) is 5.75 Å². The lowest BCUT2D eigenvalue weighted by Crippen LogP contribution is -2.13. The lowest BCUT2D eigenvalue weighted by atomic mass is 9.99. The van der Waals surface area contributed by atoms with E-state index < -0.39 is 0 Å². The summed E-state index contributed by atoms with van der Waals surface area (Å²) in [5, 5.41) is 14.8. The van der Waals surface area contributed by atoms with Crippen LogP contribution in [-0.4, -0.2) is 28.4 Å². The summed E-state index contributed by atoms with van der Waals surface area (Å²) < 4.78 is 0.767. The SMILES string of the molecule is C=CCNc1nnc(SCC(=O)Nc2ccc([C@H](C)CC)cc2)s1. The molecule has 0 spiro atoms. The van der Waals surface area contributed by atoms with Crippen LogP contribution < -0.4 is 10.6 Å². The molecule has 0 aliphatic heterocycles. The second kappa shape index (κ2) is 9.44. The van der Waals surface area contributed by atoms with Gasteiger partial charge in [-0.25, -0.2) is 0 Å². The van der Waals surface area contributed by atoms with E-state index in [0.717, 1.165) is 21.6 Å². The van der Waals surface area contributed by atoms with Crippen molar-refractivity contribution in [2.45, 2.75) is 30.5 Å². The Balaban J connectivity index is 1.80. The summed E-state index contributed by atoms with van der Waals surface area (Å²) in [6.45, 7) is 8.65. The van der Waals surface area contributed by atoms with Crippen LogP contribution in [0.15, 0.2) is 41.3 Å². The summed E-state index contributed by atoms with van der Waals surface area (Å²) in [7, 11) is 0. The highest BCUT2D eigenvalue weighted by Gasteiger charge is 2.09. The molecule has 2 rings (SSSR count). The molecule has 0 radical (unpaired) electrons. The molecule has 128 valence electrons. The summed E-state index contributed by atoms with van der Waals surface area (Å²) in [5.74, 6) is 0.794. The quantitative estimate of drug-likeness (QED) is 0.512. The van der Waals surface area contributed by atoms with Gasteiger partial charge in [-0.05, 0) is 30.0 Å². The zero-order valence-corrected chi connectivity index (χ0v) is 15.5. The Morgan fingerprint density at radius 1 is 1.38 bits per heavy atom. The van der Waals surface area contributed by atoms with E-state index in [-0.39, 0.29) is 5.91 Å². The van der Waals surface area contributed by atoms with Gasteiger partial charge in [-0.3, -0.25) is 4.79 Å². The van der Waals surface area contributed by atoms with Crippen LogP contribution >= 0.6 is 23.1 Å². The predicted molar refractivity (Wildman–Crippen MR) is 103 cm³/mol. The van der Waals surface area contributed by atoms with E-state index >= 15 is 0 Å². The topological polar surface area (TPSA) is 66.9 Å². The summed E-state index contributed by atoms with van der Waals surface area (Å²) in [5.41, 5.74) is 2.11. The van der Waals surface area contributed by atoms with Gasteiger partial charge in [-0.1, -0.05) is 55.2 Å². The van der Waals surface area contributed by atoms with Gasteiger partial charge in [-0.2, -0.15) is 0 Å². The molecule has 0 unspecified atom stereocenters. The molecule has 1 heterocycles. The van der Waals surface area contributed by atoms with Gasteiger partial charge in [0.15, 0.2) is 4.34 Å². The fourth-order valence-corrected chi connectivity index (χ4v) is 3.51. The summed E-state index contributed by atoms with van der Waals surface area (Å²) in [6.07, 6.45) is 2.86. The number of carbonyl (C=O) groups excluding carboxylic acids is 1. The molecule has 24 heavy (non-hydrogen) atoms. The van der Waals surface area contributed by atoms with Crippen LogP contribution in [0.2, 0.25) is 0 Å². The highest BCUT2D eigenvalue weighted by atomic mass is 32.2. The van der Waals surface area contributed by atoms with Gasteiger partial charge < -0.3 is 10.6 Å². The van der Waals surface area contributed by atoms with Crippen molar-refractivity contribution < 1.29 is 4.79 Å². The summed E-state index contributed by atoms with van der Waals surface area (Å²) in [6, 6.07) is 8.04. The van der Waals surface area contributed by atoms with E-state index in [1.807, 2.05) is 12.1 Å². The molecular weight excluding hydrogens is 340 g/mol. The Hall–Kier alpha value is -1.86. The minimum Gasteiger partial charge on any atom is -0.357 e. The van der Waals surface area contributed by atoms with Crippen LogP contribution in [0, 0.1) is 0 Å². The highest BCUT2D eigenvalue weighted by molar-refractivity contribution is 8.01. The zero-order valence-electron chi connectivity index (χ0n) is 13.9. The first-order chi connectivity index (χ1) is 11.6. The summed E-state index contributed by atoms with van der Waals surface area (Å²) in [4.78, 5) is 12.0. The first-order valence-corrected chi connectivity index (χ1v) is 9.63. The standard InChI is InChI=1S/C17H22N4OS2/c1-4-10-18-16-20-21-17(24-16)23-11-15(22)19-14-8-6-13(7-9-14)12(3)5-2/h4,6-9,12H,1,5,10-11H2,2-3H3,(H,18,20)(H,19,22)/t12-/m1/s1. The van der Waals surface area contributed by atoms with E-state index in [2.05, 4.69) is 53.4 Å². The number of carbonyl (C=O) groups is 1. The molecule has 1 amide bonds. The number of benzene rings is 1. The van der Waals surface area contributed by atoms with Gasteiger partial charge in [-0.15, -0.1) is 16.8 Å². The molecule has 0 saturated carbocycles. The molecule has 7 heteroatoms. The van der Waals surface area contributed by atoms with Crippen LogP contribution in [-0.2, 0) is 4.79 Å². The maximum Gasteiger partial charge on any atom is 0.234 e. The number of aromatic nitrogens is 2. The average molecular weight is 363 g/mol. The Kier molecular flexibility index (Phi) is 7.27. The molecule has 5 nitrogen and oxygen atoms in total. The second-order valence-corrected chi connectivity index (χ2v) is 7.51. The maximum atomic E-state index is 12.0. The Morgan fingerprint density at radius 3 is 2.79 bits per heavy atom. The molecular formula is C17H22N4OS2. The normalized spacial score (nSPS) is 11.8. The van der Waals surface area contributed by atoms with Gasteiger partial charge in [0.2, 0.25) is 11.0 Å². The second-order valence-electron chi connectivity index (χ2n) is 5.31. The van der Waals surface area contributed by atoms with Crippen molar-refractivity contribution in [2.24, 2.45) is 0 Å². The monoisotopic (exact) mass is 362 g/mol. The lowest BCUT2D eigenvalue weighted by molar-refractivity contribution is -0.113. The average Bonchev–Trinajstić information content (AvgIpc) is 3.06. The van der Waals surface area contributed by atoms with Gasteiger partial charge >= 0.3 is 0 Å². The third-order valence-electron chi connectivity index (χ3n) is 3.51. The predicted octanol–water partition coefficient (Wildman–Crippen LogP) is 4.38. The molecule has 2 aromatic rings. The van der Waals surface area contributed by atoms with Crippen molar-refractivity contribution in [3.05, 3.63) is 42.5 Å². The van der Waals surface area contributed by atoms with Crippen LogP contribution in [0.5, 0.6) is 0 Å². The minimum atomic E-state index is -0.0490. The van der Waals surface area contributed by atoms with Crippen molar-refractivity contribution in [1.82, 2.24) is 10.2 Å². The van der Waals surface area contributed by atoms with Crippen molar-refractivity contribution in [3.8, 4) is 0 Å². The molecule has 0 bridgehead atoms. The van der Waals surface area contributed by atoms with Crippen molar-refractivity contribution in [3.63, 3.8) is 0 Å². The van der Waals surface area contributed by atoms with E-state index in [1.54, 1.807) is 6.08 Å². The fourth-order valence-electron chi connectivity index (χ4n) is 1.95. The van der Waals surface area contributed by atoms with Crippen molar-refractivity contribution in [2.75, 3.05) is 22.9 Å². The zero-order chi connectivity index (χ0) is 17.4. The van der Waals surface area contributed by atoms with E-state index in [0.29, 0.717) is 18.2 Å².